The van der Waals surface area contributed by atoms with Crippen molar-refractivity contribution in [3.05, 3.63) is 30.7 Å². The number of anilines is 3. The van der Waals surface area contributed by atoms with Crippen LogP contribution in [0.25, 0.3) is 11.2 Å². The number of hydrogen-bond donors (Lipinski definition) is 2. The fourth-order valence-electron chi connectivity index (χ4n) is 2.77. The molecule has 0 saturated heterocycles. The third-order valence-corrected chi connectivity index (χ3v) is 4.94. The van der Waals surface area contributed by atoms with Crippen molar-refractivity contribution >= 4 is 40.2 Å². The second-order valence-corrected chi connectivity index (χ2v) is 7.58. The zero-order valence-corrected chi connectivity index (χ0v) is 16.7. The molecule has 28 heavy (non-hydrogen) atoms. The van der Waals surface area contributed by atoms with Crippen LogP contribution in [0.2, 0.25) is 0 Å². The molecule has 3 aromatic rings. The Morgan fingerprint density at radius 3 is 2.46 bits per heavy atom. The first-order valence-electron chi connectivity index (χ1n) is 8.61. The predicted molar refractivity (Wildman–Crippen MR) is 106 cm³/mol. The largest absolute Gasteiger partial charge is 0.408 e. The van der Waals surface area contributed by atoms with Gasteiger partial charge in [-0.3, -0.25) is 0 Å². The highest BCUT2D eigenvalue weighted by Gasteiger charge is 2.42. The van der Waals surface area contributed by atoms with E-state index in [1.807, 2.05) is 12.3 Å². The van der Waals surface area contributed by atoms with E-state index in [4.69, 9.17) is 0 Å². The number of fused-ring (bicyclic) bond motifs is 1. The van der Waals surface area contributed by atoms with Crippen molar-refractivity contribution in [1.29, 1.82) is 0 Å². The molecule has 0 bridgehead atoms. The molecule has 0 aliphatic heterocycles. The van der Waals surface area contributed by atoms with E-state index in [2.05, 4.69) is 25.6 Å². The molecule has 0 fully saturated rings. The maximum absolute atomic E-state index is 13.4. The summed E-state index contributed by atoms with van der Waals surface area (Å²) in [5.74, 6) is 0.0368. The molecule has 0 saturated carbocycles. The molecule has 150 valence electrons. The minimum atomic E-state index is -4.39. The van der Waals surface area contributed by atoms with Gasteiger partial charge in [0.2, 0.25) is 0 Å². The van der Waals surface area contributed by atoms with Gasteiger partial charge in [0, 0.05) is 24.2 Å². The van der Waals surface area contributed by atoms with Gasteiger partial charge in [-0.2, -0.15) is 13.2 Å². The number of nitrogens with one attached hydrogen (secondary N) is 2. The molecule has 0 aliphatic carbocycles. The lowest BCUT2D eigenvalue weighted by Crippen LogP contribution is -2.40. The third kappa shape index (κ3) is 4.32. The number of aromatic nitrogens is 4. The van der Waals surface area contributed by atoms with Crippen molar-refractivity contribution < 1.29 is 13.2 Å². The van der Waals surface area contributed by atoms with Crippen molar-refractivity contribution in [3.63, 3.8) is 0 Å². The maximum Gasteiger partial charge on any atom is 0.408 e. The van der Waals surface area contributed by atoms with Crippen molar-refractivity contribution in [1.82, 2.24) is 19.5 Å². The highest BCUT2D eigenvalue weighted by molar-refractivity contribution is 7.98. The Balaban J connectivity index is 1.99. The van der Waals surface area contributed by atoms with Gasteiger partial charge >= 0.3 is 6.18 Å². The Bertz CT molecular complexity index is 952. The quantitative estimate of drug-likeness (QED) is 0.568. The molecule has 3 heterocycles. The standard InChI is InChI=1S/C18H21F3N6S/c1-10(2)16(18(19,20)21)25-14-7-12(15-17(26-14)27(3)9-23-15)24-13-6-5-11(28-4)8-22-13/h5-10,16H,1-4H3,(H2,22,24,25,26). The highest BCUT2D eigenvalue weighted by atomic mass is 32.2. The van der Waals surface area contributed by atoms with Crippen LogP contribution in [0.5, 0.6) is 0 Å². The van der Waals surface area contributed by atoms with Crippen molar-refractivity contribution in [2.24, 2.45) is 13.0 Å². The van der Waals surface area contributed by atoms with Gasteiger partial charge in [-0.1, -0.05) is 13.8 Å². The van der Waals surface area contributed by atoms with Crippen LogP contribution in [0.3, 0.4) is 0 Å². The monoisotopic (exact) mass is 410 g/mol. The molecule has 3 rings (SSSR count). The maximum atomic E-state index is 13.4. The van der Waals surface area contributed by atoms with Gasteiger partial charge in [0.1, 0.15) is 23.2 Å². The van der Waals surface area contributed by atoms with Gasteiger partial charge in [-0.15, -0.1) is 11.8 Å². The number of hydrogen-bond acceptors (Lipinski definition) is 6. The minimum Gasteiger partial charge on any atom is -0.358 e. The lowest BCUT2D eigenvalue weighted by atomic mass is 10.0. The SMILES string of the molecule is CSc1ccc(Nc2cc(NC(C(C)C)C(F)(F)F)nc3c2ncn3C)nc1. The summed E-state index contributed by atoms with van der Waals surface area (Å²) in [5, 5.41) is 5.67. The Kier molecular flexibility index (Phi) is 5.69. The number of alkyl halides is 3. The van der Waals surface area contributed by atoms with Gasteiger partial charge in [-0.25, -0.2) is 15.0 Å². The molecule has 0 spiro atoms. The number of rotatable bonds is 6. The average Bonchev–Trinajstić information content (AvgIpc) is 3.00. The number of halogens is 3. The number of thioether (sulfide) groups is 1. The molecular formula is C18H21F3N6S. The van der Waals surface area contributed by atoms with Gasteiger partial charge < -0.3 is 15.2 Å². The van der Waals surface area contributed by atoms with E-state index in [1.165, 1.54) is 19.9 Å². The number of pyridine rings is 2. The molecule has 3 aromatic heterocycles. The summed E-state index contributed by atoms with van der Waals surface area (Å²) in [4.78, 5) is 14.0. The number of aryl methyl sites for hydroxylation is 1. The summed E-state index contributed by atoms with van der Waals surface area (Å²) in [5.41, 5.74) is 1.55. The molecule has 10 heteroatoms. The van der Waals surface area contributed by atoms with Crippen LogP contribution < -0.4 is 10.6 Å². The van der Waals surface area contributed by atoms with Crippen molar-refractivity contribution in [3.8, 4) is 0 Å². The summed E-state index contributed by atoms with van der Waals surface area (Å²) >= 11 is 1.57. The van der Waals surface area contributed by atoms with E-state index in [0.29, 0.717) is 22.7 Å². The molecule has 6 nitrogen and oxygen atoms in total. The Hall–Kier alpha value is -2.49. The first-order valence-corrected chi connectivity index (χ1v) is 9.84. The van der Waals surface area contributed by atoms with Gasteiger partial charge in [-0.05, 0) is 24.3 Å². The molecule has 0 amide bonds. The van der Waals surface area contributed by atoms with Crippen LogP contribution in [0.1, 0.15) is 13.8 Å². The number of imidazole rings is 1. The van der Waals surface area contributed by atoms with Crippen molar-refractivity contribution in [2.45, 2.75) is 31.0 Å². The summed E-state index contributed by atoms with van der Waals surface area (Å²) in [6.45, 7) is 3.04. The first-order chi connectivity index (χ1) is 13.2. The fraction of sp³-hybridized carbons (Fsp3) is 0.389. The molecule has 2 N–H and O–H groups in total. The van der Waals surface area contributed by atoms with Gasteiger partial charge in [0.15, 0.2) is 5.65 Å². The zero-order valence-electron chi connectivity index (χ0n) is 15.9. The van der Waals surface area contributed by atoms with E-state index in [1.54, 1.807) is 42.0 Å². The molecule has 0 aliphatic rings. The third-order valence-electron chi connectivity index (χ3n) is 4.23. The van der Waals surface area contributed by atoms with E-state index >= 15 is 0 Å². The van der Waals surface area contributed by atoms with Crippen LogP contribution in [-0.4, -0.2) is 38.0 Å². The van der Waals surface area contributed by atoms with Crippen LogP contribution in [0.15, 0.2) is 35.6 Å². The van der Waals surface area contributed by atoms with Crippen LogP contribution >= 0.6 is 11.8 Å². The molecule has 0 radical (unpaired) electrons. The zero-order chi connectivity index (χ0) is 20.5. The summed E-state index contributed by atoms with van der Waals surface area (Å²) in [6.07, 6.45) is 0.857. The van der Waals surface area contributed by atoms with Crippen LogP contribution in [-0.2, 0) is 7.05 Å². The van der Waals surface area contributed by atoms with Gasteiger partial charge in [0.05, 0.1) is 12.0 Å². The smallest absolute Gasteiger partial charge is 0.358 e. The topological polar surface area (TPSA) is 67.7 Å². The van der Waals surface area contributed by atoms with Crippen LogP contribution in [0.4, 0.5) is 30.5 Å². The predicted octanol–water partition coefficient (Wildman–Crippen LogP) is 4.83. The Labute approximate surface area is 165 Å². The summed E-state index contributed by atoms with van der Waals surface area (Å²) in [7, 11) is 1.74. The van der Waals surface area contributed by atoms with E-state index < -0.39 is 18.1 Å². The Morgan fingerprint density at radius 2 is 1.89 bits per heavy atom. The van der Waals surface area contributed by atoms with Crippen LogP contribution in [0, 0.1) is 5.92 Å². The lowest BCUT2D eigenvalue weighted by Gasteiger charge is -2.25. The second kappa shape index (κ2) is 7.86. The molecular weight excluding hydrogens is 389 g/mol. The first kappa shape index (κ1) is 20.2. The number of nitrogens with zero attached hydrogens (tertiary/aromatic N) is 4. The van der Waals surface area contributed by atoms with E-state index in [-0.39, 0.29) is 5.82 Å². The summed E-state index contributed by atoms with van der Waals surface area (Å²) < 4.78 is 41.8. The van der Waals surface area contributed by atoms with Gasteiger partial charge in [0.25, 0.3) is 0 Å². The highest BCUT2D eigenvalue weighted by Crippen LogP contribution is 2.31. The molecule has 1 atom stereocenters. The minimum absolute atomic E-state index is 0.121. The lowest BCUT2D eigenvalue weighted by molar-refractivity contribution is -0.150. The second-order valence-electron chi connectivity index (χ2n) is 6.70. The van der Waals surface area contributed by atoms with E-state index in [0.717, 1.165) is 4.90 Å². The summed E-state index contributed by atoms with van der Waals surface area (Å²) in [6, 6.07) is 3.54. The van der Waals surface area contributed by atoms with Crippen molar-refractivity contribution in [2.75, 3.05) is 16.9 Å². The molecule has 0 aromatic carbocycles. The average molecular weight is 410 g/mol. The van der Waals surface area contributed by atoms with E-state index in [9.17, 15) is 13.2 Å². The molecule has 1 unspecified atom stereocenters. The normalized spacial score (nSPS) is 13.1. The Morgan fingerprint density at radius 1 is 1.14 bits per heavy atom. The fourth-order valence-corrected chi connectivity index (χ4v) is 3.13.